The van der Waals surface area contributed by atoms with Crippen molar-refractivity contribution in [1.82, 2.24) is 0 Å². The van der Waals surface area contributed by atoms with Gasteiger partial charge in [-0.15, -0.1) is 0 Å². The summed E-state index contributed by atoms with van der Waals surface area (Å²) in [6.45, 7) is 0. The van der Waals surface area contributed by atoms with Gasteiger partial charge in [-0.25, -0.2) is 13.4 Å². The largest absolute Gasteiger partial charge is 0.417 e. The lowest BCUT2D eigenvalue weighted by molar-refractivity contribution is -0.139. The van der Waals surface area contributed by atoms with E-state index in [9.17, 15) is 26.0 Å². The molecule has 0 atom stereocenters. The number of alkyl halides is 3. The van der Waals surface area contributed by atoms with Gasteiger partial charge in [-0.05, 0) is 18.2 Å². The molecule has 23 heavy (non-hydrogen) atoms. The van der Waals surface area contributed by atoms with E-state index >= 15 is 0 Å². The zero-order valence-corrected chi connectivity index (χ0v) is 12.6. The molecular formula is C15H11F4NO2S. The fourth-order valence-electron chi connectivity index (χ4n) is 1.89. The highest BCUT2D eigenvalue weighted by Crippen LogP contribution is 2.36. The Balaban J connectivity index is 2.55. The number of benzene rings is 2. The summed E-state index contributed by atoms with van der Waals surface area (Å²) >= 11 is 0. The van der Waals surface area contributed by atoms with Crippen LogP contribution in [-0.2, 0) is 16.0 Å². The Bertz CT molecular complexity index is 844. The zero-order chi connectivity index (χ0) is 17.3. The number of sulfone groups is 1. The van der Waals surface area contributed by atoms with Crippen LogP contribution in [0.5, 0.6) is 0 Å². The summed E-state index contributed by atoms with van der Waals surface area (Å²) in [6.07, 6.45) is -4.22. The Labute approximate surface area is 130 Å². The summed E-state index contributed by atoms with van der Waals surface area (Å²) in [7, 11) is -4.08. The van der Waals surface area contributed by atoms with Gasteiger partial charge in [0.05, 0.1) is 16.1 Å². The summed E-state index contributed by atoms with van der Waals surface area (Å²) < 4.78 is 75.9. The molecule has 0 radical (unpaired) electrons. The van der Waals surface area contributed by atoms with E-state index in [2.05, 4.69) is 4.99 Å². The van der Waals surface area contributed by atoms with Gasteiger partial charge in [0.2, 0.25) is 5.97 Å². The van der Waals surface area contributed by atoms with Gasteiger partial charge in [0, 0.05) is 11.8 Å². The monoisotopic (exact) mass is 345 g/mol. The number of hydrogen-bond acceptors (Lipinski definition) is 3. The second-order valence-corrected chi connectivity index (χ2v) is 6.70. The lowest BCUT2D eigenvalue weighted by Crippen LogP contribution is -2.12. The van der Waals surface area contributed by atoms with Crippen molar-refractivity contribution in [2.24, 2.45) is 4.99 Å². The van der Waals surface area contributed by atoms with E-state index in [1.165, 1.54) is 12.1 Å². The van der Waals surface area contributed by atoms with Crippen LogP contribution in [0.2, 0.25) is 0 Å². The van der Waals surface area contributed by atoms with E-state index in [1.54, 1.807) is 18.2 Å². The van der Waals surface area contributed by atoms with Crippen LogP contribution in [0, 0.1) is 0 Å². The summed E-state index contributed by atoms with van der Waals surface area (Å²) in [5.41, 5.74) is -1.60. The minimum absolute atomic E-state index is 0.105. The SMILES string of the molecule is CS(=O)(=O)c1ccc(N=C(F)c2ccccc2)cc1C(F)(F)F. The third-order valence-electron chi connectivity index (χ3n) is 2.91. The molecule has 0 aliphatic heterocycles. The fraction of sp³-hybridized carbons (Fsp3) is 0.133. The first-order valence-corrected chi connectivity index (χ1v) is 8.19. The molecule has 0 heterocycles. The Morgan fingerprint density at radius 1 is 1.04 bits per heavy atom. The fourth-order valence-corrected chi connectivity index (χ4v) is 2.78. The van der Waals surface area contributed by atoms with Gasteiger partial charge < -0.3 is 0 Å². The molecule has 0 aliphatic carbocycles. The van der Waals surface area contributed by atoms with Gasteiger partial charge in [0.15, 0.2) is 9.84 Å². The molecule has 0 bridgehead atoms. The second kappa shape index (κ2) is 6.11. The second-order valence-electron chi connectivity index (χ2n) is 4.72. The molecule has 8 heteroatoms. The molecule has 3 nitrogen and oxygen atoms in total. The number of rotatable bonds is 3. The van der Waals surface area contributed by atoms with E-state index in [-0.39, 0.29) is 11.3 Å². The third kappa shape index (κ3) is 4.16. The van der Waals surface area contributed by atoms with Crippen LogP contribution in [-0.4, -0.2) is 20.6 Å². The molecule has 0 saturated heterocycles. The summed E-state index contributed by atoms with van der Waals surface area (Å²) in [6, 6.07) is 9.89. The average Bonchev–Trinajstić information content (AvgIpc) is 2.46. The first-order chi connectivity index (χ1) is 10.6. The van der Waals surface area contributed by atoms with Crippen LogP contribution in [0.4, 0.5) is 23.2 Å². The molecule has 0 amide bonds. The van der Waals surface area contributed by atoms with Crippen molar-refractivity contribution in [2.45, 2.75) is 11.1 Å². The molecule has 2 aromatic rings. The zero-order valence-electron chi connectivity index (χ0n) is 11.8. The van der Waals surface area contributed by atoms with Crippen molar-refractivity contribution >= 4 is 21.5 Å². The highest BCUT2D eigenvalue weighted by molar-refractivity contribution is 7.90. The summed E-state index contributed by atoms with van der Waals surface area (Å²) in [5.74, 6) is -0.967. The minimum atomic E-state index is -4.90. The number of nitrogens with zero attached hydrogens (tertiary/aromatic N) is 1. The molecule has 2 aromatic carbocycles. The van der Waals surface area contributed by atoms with Crippen molar-refractivity contribution < 1.29 is 26.0 Å². The van der Waals surface area contributed by atoms with Gasteiger partial charge in [-0.1, -0.05) is 30.3 Å². The number of halogens is 4. The molecule has 2 rings (SSSR count). The Hall–Kier alpha value is -2.22. The van der Waals surface area contributed by atoms with Crippen molar-refractivity contribution in [2.75, 3.05) is 6.26 Å². The molecule has 0 aliphatic rings. The standard InChI is InChI=1S/C15H11F4NO2S/c1-23(21,22)13-8-7-11(9-12(13)15(17,18)19)20-14(16)10-5-3-2-4-6-10/h2-9H,1H3. The lowest BCUT2D eigenvalue weighted by Gasteiger charge is -2.12. The molecule has 0 N–H and O–H groups in total. The summed E-state index contributed by atoms with van der Waals surface area (Å²) in [5, 5.41) is 0. The van der Waals surface area contributed by atoms with Crippen molar-refractivity contribution in [3.05, 3.63) is 59.7 Å². The van der Waals surface area contributed by atoms with E-state index in [1.807, 2.05) is 0 Å². The van der Waals surface area contributed by atoms with Crippen LogP contribution in [0.3, 0.4) is 0 Å². The van der Waals surface area contributed by atoms with Crippen LogP contribution in [0.1, 0.15) is 11.1 Å². The predicted octanol–water partition coefficient (Wildman–Crippen LogP) is 4.16. The number of aliphatic imine (C=N–C) groups is 1. The van der Waals surface area contributed by atoms with E-state index in [4.69, 9.17) is 0 Å². The normalized spacial score (nSPS) is 13.2. The van der Waals surface area contributed by atoms with Crippen molar-refractivity contribution in [3.8, 4) is 0 Å². The first-order valence-electron chi connectivity index (χ1n) is 6.30. The number of hydrogen-bond donors (Lipinski definition) is 0. The van der Waals surface area contributed by atoms with Crippen LogP contribution >= 0.6 is 0 Å². The highest BCUT2D eigenvalue weighted by atomic mass is 32.2. The van der Waals surface area contributed by atoms with E-state index in [0.29, 0.717) is 12.3 Å². The maximum absolute atomic E-state index is 13.9. The van der Waals surface area contributed by atoms with Crippen LogP contribution < -0.4 is 0 Å². The maximum atomic E-state index is 13.9. The Morgan fingerprint density at radius 2 is 1.65 bits per heavy atom. The van der Waals surface area contributed by atoms with Gasteiger partial charge >= 0.3 is 6.18 Å². The van der Waals surface area contributed by atoms with E-state index in [0.717, 1.165) is 12.1 Å². The lowest BCUT2D eigenvalue weighted by atomic mass is 10.2. The van der Waals surface area contributed by atoms with Crippen molar-refractivity contribution in [1.29, 1.82) is 0 Å². The summed E-state index contributed by atoms with van der Waals surface area (Å²) in [4.78, 5) is 2.61. The molecule has 0 fully saturated rings. The highest BCUT2D eigenvalue weighted by Gasteiger charge is 2.36. The molecule has 0 spiro atoms. The first kappa shape index (κ1) is 17.1. The average molecular weight is 345 g/mol. The topological polar surface area (TPSA) is 46.5 Å². The van der Waals surface area contributed by atoms with Gasteiger partial charge in [-0.2, -0.15) is 17.6 Å². The smallest absolute Gasteiger partial charge is 0.224 e. The molecular weight excluding hydrogens is 334 g/mol. The van der Waals surface area contributed by atoms with Crippen LogP contribution in [0.15, 0.2) is 58.4 Å². The van der Waals surface area contributed by atoms with Crippen molar-refractivity contribution in [3.63, 3.8) is 0 Å². The van der Waals surface area contributed by atoms with Gasteiger partial charge in [0.1, 0.15) is 0 Å². The van der Waals surface area contributed by atoms with Gasteiger partial charge in [-0.3, -0.25) is 0 Å². The van der Waals surface area contributed by atoms with Gasteiger partial charge in [0.25, 0.3) is 0 Å². The Kier molecular flexibility index (Phi) is 4.56. The predicted molar refractivity (Wildman–Crippen MR) is 78.3 cm³/mol. The van der Waals surface area contributed by atoms with E-state index < -0.39 is 32.4 Å². The molecule has 122 valence electrons. The molecule has 0 unspecified atom stereocenters. The Morgan fingerprint density at radius 3 is 2.17 bits per heavy atom. The molecule has 0 aromatic heterocycles. The quantitative estimate of drug-likeness (QED) is 0.619. The third-order valence-corrected chi connectivity index (χ3v) is 4.06. The maximum Gasteiger partial charge on any atom is 0.417 e. The minimum Gasteiger partial charge on any atom is -0.224 e. The molecule has 0 saturated carbocycles. The van der Waals surface area contributed by atoms with Crippen LogP contribution in [0.25, 0.3) is 0 Å².